The van der Waals surface area contributed by atoms with E-state index in [2.05, 4.69) is 32.9 Å². The lowest BCUT2D eigenvalue weighted by Gasteiger charge is -2.18. The second-order valence-electron chi connectivity index (χ2n) is 5.04. The molecule has 0 aromatic heterocycles. The van der Waals surface area contributed by atoms with E-state index in [4.69, 9.17) is 9.47 Å². The quantitative estimate of drug-likeness (QED) is 0.237. The molecule has 0 heterocycles. The zero-order valence-electron chi connectivity index (χ0n) is 13.3. The van der Waals surface area contributed by atoms with E-state index >= 15 is 0 Å². The lowest BCUT2D eigenvalue weighted by molar-refractivity contribution is -0.146. The topological polar surface area (TPSA) is 18.5 Å². The molecule has 1 atom stereocenters. The number of allylic oxidation sites excluding steroid dienone is 1. The van der Waals surface area contributed by atoms with Gasteiger partial charge in [0.25, 0.3) is 0 Å². The lowest BCUT2D eigenvalue weighted by Crippen LogP contribution is -2.18. The van der Waals surface area contributed by atoms with Crippen LogP contribution in [0.25, 0.3) is 0 Å². The Morgan fingerprint density at radius 2 is 1.47 bits per heavy atom. The molecule has 114 valence electrons. The van der Waals surface area contributed by atoms with E-state index in [0.29, 0.717) is 0 Å². The molecule has 0 bridgehead atoms. The van der Waals surface area contributed by atoms with Gasteiger partial charge in [0.2, 0.25) is 0 Å². The minimum atomic E-state index is 0.0124. The predicted octanol–water partition coefficient (Wildman–Crippen LogP) is 5.47. The van der Waals surface area contributed by atoms with Crippen LogP contribution in [0.1, 0.15) is 78.6 Å². The maximum Gasteiger partial charge on any atom is 0.157 e. The van der Waals surface area contributed by atoms with E-state index in [0.717, 1.165) is 38.9 Å². The van der Waals surface area contributed by atoms with Crippen LogP contribution < -0.4 is 0 Å². The van der Waals surface area contributed by atoms with Crippen LogP contribution in [-0.4, -0.2) is 19.5 Å². The third-order valence-corrected chi connectivity index (χ3v) is 3.09. The van der Waals surface area contributed by atoms with Gasteiger partial charge in [-0.3, -0.25) is 0 Å². The Labute approximate surface area is 120 Å². The average molecular weight is 270 g/mol. The van der Waals surface area contributed by atoms with E-state index in [9.17, 15) is 0 Å². The van der Waals surface area contributed by atoms with Gasteiger partial charge in [-0.05, 0) is 32.1 Å². The summed E-state index contributed by atoms with van der Waals surface area (Å²) in [5, 5.41) is 0. The Morgan fingerprint density at radius 3 is 2.16 bits per heavy atom. The molecule has 0 radical (unpaired) electrons. The fourth-order valence-corrected chi connectivity index (χ4v) is 1.89. The third kappa shape index (κ3) is 13.9. The Bertz CT molecular complexity index is 190. The van der Waals surface area contributed by atoms with Crippen LogP contribution in [0.3, 0.4) is 0 Å². The molecule has 0 fully saturated rings. The molecule has 0 aromatic carbocycles. The predicted molar refractivity (Wildman–Crippen MR) is 83.4 cm³/mol. The summed E-state index contributed by atoms with van der Waals surface area (Å²) < 4.78 is 11.7. The van der Waals surface area contributed by atoms with Crippen molar-refractivity contribution in [2.75, 3.05) is 13.2 Å². The van der Waals surface area contributed by atoms with Gasteiger partial charge >= 0.3 is 0 Å². The molecule has 0 aliphatic carbocycles. The van der Waals surface area contributed by atoms with Gasteiger partial charge in [-0.2, -0.15) is 0 Å². The fourth-order valence-electron chi connectivity index (χ4n) is 1.89. The first-order chi connectivity index (χ1) is 9.35. The highest BCUT2D eigenvalue weighted by atomic mass is 16.7. The largest absolute Gasteiger partial charge is 0.353 e. The molecular weight excluding hydrogens is 236 g/mol. The first-order valence-electron chi connectivity index (χ1n) is 8.23. The number of unbranched alkanes of at least 4 members (excludes halogenated alkanes) is 4. The first kappa shape index (κ1) is 18.7. The van der Waals surface area contributed by atoms with Gasteiger partial charge < -0.3 is 9.47 Å². The van der Waals surface area contributed by atoms with Crippen LogP contribution in [-0.2, 0) is 9.47 Å². The summed E-state index contributed by atoms with van der Waals surface area (Å²) >= 11 is 0. The van der Waals surface area contributed by atoms with Crippen LogP contribution in [0, 0.1) is 0 Å². The Balaban J connectivity index is 3.72. The molecule has 0 saturated carbocycles. The normalized spacial score (nSPS) is 13.2. The summed E-state index contributed by atoms with van der Waals surface area (Å²) in [5.74, 6) is 0. The van der Waals surface area contributed by atoms with Gasteiger partial charge in [-0.1, -0.05) is 58.6 Å². The van der Waals surface area contributed by atoms with E-state index in [1.54, 1.807) is 0 Å². The molecule has 0 saturated heterocycles. The van der Waals surface area contributed by atoms with Gasteiger partial charge in [-0.15, -0.1) is 0 Å². The molecule has 0 N–H and O–H groups in total. The van der Waals surface area contributed by atoms with Gasteiger partial charge in [0.15, 0.2) is 6.29 Å². The number of hydrogen-bond donors (Lipinski definition) is 0. The second-order valence-corrected chi connectivity index (χ2v) is 5.04. The van der Waals surface area contributed by atoms with Crippen molar-refractivity contribution in [3.05, 3.63) is 12.2 Å². The molecule has 2 nitrogen and oxygen atoms in total. The summed E-state index contributed by atoms with van der Waals surface area (Å²) in [4.78, 5) is 0. The minimum absolute atomic E-state index is 0.0124. The molecule has 2 heteroatoms. The van der Waals surface area contributed by atoms with E-state index in [1.807, 2.05) is 0 Å². The SMILES string of the molecule is CC/C=C\CCOC(CCCCC)OCCCCC. The molecule has 0 aliphatic rings. The Morgan fingerprint density at radius 1 is 0.789 bits per heavy atom. The smallest absolute Gasteiger partial charge is 0.157 e. The van der Waals surface area contributed by atoms with Gasteiger partial charge in [0.1, 0.15) is 0 Å². The maximum absolute atomic E-state index is 5.85. The average Bonchev–Trinajstić information content (AvgIpc) is 2.42. The highest BCUT2D eigenvalue weighted by molar-refractivity contribution is 4.79. The third-order valence-electron chi connectivity index (χ3n) is 3.09. The second kappa shape index (κ2) is 15.7. The van der Waals surface area contributed by atoms with Crippen LogP contribution in [0.15, 0.2) is 12.2 Å². The van der Waals surface area contributed by atoms with Crippen molar-refractivity contribution in [3.8, 4) is 0 Å². The molecule has 0 spiro atoms. The van der Waals surface area contributed by atoms with Crippen molar-refractivity contribution >= 4 is 0 Å². The highest BCUT2D eigenvalue weighted by Crippen LogP contribution is 2.10. The highest BCUT2D eigenvalue weighted by Gasteiger charge is 2.08. The van der Waals surface area contributed by atoms with E-state index in [-0.39, 0.29) is 6.29 Å². The Kier molecular flexibility index (Phi) is 15.4. The summed E-state index contributed by atoms with van der Waals surface area (Å²) in [6.07, 6.45) is 14.9. The van der Waals surface area contributed by atoms with Crippen molar-refractivity contribution in [2.45, 2.75) is 84.8 Å². The molecule has 19 heavy (non-hydrogen) atoms. The molecule has 0 amide bonds. The van der Waals surface area contributed by atoms with E-state index in [1.165, 1.54) is 32.1 Å². The number of hydrogen-bond acceptors (Lipinski definition) is 2. The standard InChI is InChI=1S/C17H34O2/c1-4-7-10-13-16-19-17(14-11-8-5-2)18-15-12-9-6-3/h7,10,17H,4-6,8-9,11-16H2,1-3H3/b10-7-. The van der Waals surface area contributed by atoms with Crippen molar-refractivity contribution < 1.29 is 9.47 Å². The monoisotopic (exact) mass is 270 g/mol. The summed E-state index contributed by atoms with van der Waals surface area (Å²) in [7, 11) is 0. The molecular formula is C17H34O2. The van der Waals surface area contributed by atoms with Crippen LogP contribution >= 0.6 is 0 Å². The van der Waals surface area contributed by atoms with Crippen molar-refractivity contribution in [1.82, 2.24) is 0 Å². The van der Waals surface area contributed by atoms with Crippen LogP contribution in [0.4, 0.5) is 0 Å². The van der Waals surface area contributed by atoms with Crippen molar-refractivity contribution in [3.63, 3.8) is 0 Å². The van der Waals surface area contributed by atoms with Gasteiger partial charge in [0.05, 0.1) is 6.61 Å². The number of rotatable bonds is 14. The first-order valence-corrected chi connectivity index (χ1v) is 8.23. The summed E-state index contributed by atoms with van der Waals surface area (Å²) in [6, 6.07) is 0. The lowest BCUT2D eigenvalue weighted by atomic mass is 10.2. The van der Waals surface area contributed by atoms with Crippen molar-refractivity contribution in [2.24, 2.45) is 0 Å². The van der Waals surface area contributed by atoms with Gasteiger partial charge in [-0.25, -0.2) is 0 Å². The maximum atomic E-state index is 5.85. The molecule has 0 aliphatic heterocycles. The van der Waals surface area contributed by atoms with E-state index < -0.39 is 0 Å². The van der Waals surface area contributed by atoms with Gasteiger partial charge in [0, 0.05) is 6.61 Å². The summed E-state index contributed by atoms with van der Waals surface area (Å²) in [5.41, 5.74) is 0. The van der Waals surface area contributed by atoms with Crippen molar-refractivity contribution in [1.29, 1.82) is 0 Å². The summed E-state index contributed by atoms with van der Waals surface area (Å²) in [6.45, 7) is 8.22. The van der Waals surface area contributed by atoms with Crippen LogP contribution in [0.2, 0.25) is 0 Å². The number of ether oxygens (including phenoxy) is 2. The zero-order chi connectivity index (χ0) is 14.2. The fraction of sp³-hybridized carbons (Fsp3) is 0.882. The van der Waals surface area contributed by atoms with Crippen LogP contribution in [0.5, 0.6) is 0 Å². The zero-order valence-corrected chi connectivity index (χ0v) is 13.3. The molecule has 0 aromatic rings. The molecule has 1 unspecified atom stereocenters. The Hall–Kier alpha value is -0.340. The molecule has 0 rings (SSSR count). The minimum Gasteiger partial charge on any atom is -0.353 e.